The molecule has 0 saturated carbocycles. The second-order valence-corrected chi connectivity index (χ2v) is 6.07. The lowest BCUT2D eigenvalue weighted by molar-refractivity contribution is 0.00578. The lowest BCUT2D eigenvalue weighted by atomic mass is 9.79. The summed E-state index contributed by atoms with van der Waals surface area (Å²) in [5, 5.41) is 0. The zero-order valence-corrected chi connectivity index (χ0v) is 12.5. The molecule has 1 aliphatic rings. The third-order valence-electron chi connectivity index (χ3n) is 4.10. The summed E-state index contributed by atoms with van der Waals surface area (Å²) >= 11 is 0. The van der Waals surface area contributed by atoms with Crippen LogP contribution in [-0.4, -0.2) is 32.0 Å². The fourth-order valence-corrected chi connectivity index (χ4v) is 2.04. The van der Waals surface area contributed by atoms with Gasteiger partial charge in [0.05, 0.1) is 17.8 Å². The van der Waals surface area contributed by atoms with E-state index in [1.165, 1.54) is 5.56 Å². The number of benzene rings is 1. The molecule has 104 valence electrons. The maximum absolute atomic E-state index is 6.02. The van der Waals surface area contributed by atoms with Gasteiger partial charge in [-0.15, -0.1) is 0 Å². The third kappa shape index (κ3) is 3.02. The molecule has 0 N–H and O–H groups in total. The van der Waals surface area contributed by atoms with Crippen LogP contribution < -0.4 is 5.46 Å². The molecule has 1 fully saturated rings. The summed E-state index contributed by atoms with van der Waals surface area (Å²) in [5.41, 5.74) is 1.76. The van der Waals surface area contributed by atoms with Crippen LogP contribution in [-0.2, 0) is 20.5 Å². The van der Waals surface area contributed by atoms with Gasteiger partial charge in [0, 0.05) is 7.11 Å². The quantitative estimate of drug-likeness (QED) is 0.778. The largest absolute Gasteiger partial charge is 0.494 e. The molecule has 0 spiro atoms. The average Bonchev–Trinajstić information content (AvgIpc) is 2.56. The van der Waals surface area contributed by atoms with E-state index in [4.69, 9.17) is 14.0 Å². The van der Waals surface area contributed by atoms with Gasteiger partial charge < -0.3 is 14.0 Å². The van der Waals surface area contributed by atoms with Crippen molar-refractivity contribution in [2.75, 3.05) is 13.7 Å². The van der Waals surface area contributed by atoms with E-state index in [1.807, 2.05) is 0 Å². The van der Waals surface area contributed by atoms with Crippen LogP contribution in [0, 0.1) is 0 Å². The molecule has 1 aliphatic heterocycles. The standard InChI is InChI=1S/C15H23BO3/c1-14(2)15(3,4)19-16(18-14)13-8-6-12(7-9-13)10-11-17-5/h6-9H,10-11H2,1-5H3. The number of hydrogen-bond acceptors (Lipinski definition) is 3. The van der Waals surface area contributed by atoms with Crippen molar-refractivity contribution in [3.63, 3.8) is 0 Å². The number of methoxy groups -OCH3 is 1. The second-order valence-electron chi connectivity index (χ2n) is 6.07. The Labute approximate surface area is 116 Å². The summed E-state index contributed by atoms with van der Waals surface area (Å²) in [7, 11) is 1.44. The van der Waals surface area contributed by atoms with Crippen LogP contribution in [0.3, 0.4) is 0 Å². The van der Waals surface area contributed by atoms with Gasteiger partial charge in [-0.1, -0.05) is 24.3 Å². The molecule has 0 unspecified atom stereocenters. The molecule has 4 heteroatoms. The summed E-state index contributed by atoms with van der Waals surface area (Å²) in [6.45, 7) is 9.02. The van der Waals surface area contributed by atoms with Crippen LogP contribution in [0.15, 0.2) is 24.3 Å². The van der Waals surface area contributed by atoms with Crippen LogP contribution in [0.1, 0.15) is 33.3 Å². The van der Waals surface area contributed by atoms with Crippen molar-refractivity contribution in [2.24, 2.45) is 0 Å². The van der Waals surface area contributed by atoms with Gasteiger partial charge in [0.25, 0.3) is 0 Å². The van der Waals surface area contributed by atoms with Crippen LogP contribution in [0.2, 0.25) is 0 Å². The highest BCUT2D eigenvalue weighted by molar-refractivity contribution is 6.62. The third-order valence-corrected chi connectivity index (χ3v) is 4.10. The minimum absolute atomic E-state index is 0.276. The van der Waals surface area contributed by atoms with Gasteiger partial charge in [-0.25, -0.2) is 0 Å². The number of rotatable bonds is 4. The van der Waals surface area contributed by atoms with E-state index in [2.05, 4.69) is 52.0 Å². The smallest absolute Gasteiger partial charge is 0.399 e. The normalized spacial score (nSPS) is 20.8. The SMILES string of the molecule is COCCc1ccc(B2OC(C)(C)C(C)(C)O2)cc1. The molecule has 1 aromatic carbocycles. The maximum Gasteiger partial charge on any atom is 0.494 e. The molecule has 3 nitrogen and oxygen atoms in total. The fourth-order valence-electron chi connectivity index (χ4n) is 2.04. The van der Waals surface area contributed by atoms with Crippen molar-refractivity contribution in [3.8, 4) is 0 Å². The molecular weight excluding hydrogens is 239 g/mol. The van der Waals surface area contributed by atoms with Gasteiger partial charge in [-0.3, -0.25) is 0 Å². The molecule has 0 radical (unpaired) electrons. The van der Waals surface area contributed by atoms with Crippen molar-refractivity contribution in [2.45, 2.75) is 45.3 Å². The minimum Gasteiger partial charge on any atom is -0.399 e. The Balaban J connectivity index is 2.08. The molecule has 0 aromatic heterocycles. The maximum atomic E-state index is 6.02. The summed E-state index contributed by atoms with van der Waals surface area (Å²) in [5.74, 6) is 0. The van der Waals surface area contributed by atoms with E-state index in [0.29, 0.717) is 0 Å². The molecule has 1 heterocycles. The highest BCUT2D eigenvalue weighted by Gasteiger charge is 2.51. The Morgan fingerprint density at radius 3 is 2.00 bits per heavy atom. The van der Waals surface area contributed by atoms with Crippen molar-refractivity contribution in [3.05, 3.63) is 29.8 Å². The van der Waals surface area contributed by atoms with Crippen LogP contribution in [0.25, 0.3) is 0 Å². The highest BCUT2D eigenvalue weighted by Crippen LogP contribution is 2.36. The minimum atomic E-state index is -0.285. The van der Waals surface area contributed by atoms with Crippen LogP contribution >= 0.6 is 0 Å². The Kier molecular flexibility index (Phi) is 4.04. The first kappa shape index (κ1) is 14.6. The summed E-state index contributed by atoms with van der Waals surface area (Å²) < 4.78 is 17.1. The van der Waals surface area contributed by atoms with Gasteiger partial charge >= 0.3 is 7.12 Å². The molecule has 0 bridgehead atoms. The average molecular weight is 262 g/mol. The summed E-state index contributed by atoms with van der Waals surface area (Å²) in [6.07, 6.45) is 0.931. The first-order valence-electron chi connectivity index (χ1n) is 6.79. The van der Waals surface area contributed by atoms with Gasteiger partial charge in [0.15, 0.2) is 0 Å². The molecule has 1 aromatic rings. The van der Waals surface area contributed by atoms with Crippen LogP contribution in [0.4, 0.5) is 0 Å². The fraction of sp³-hybridized carbons (Fsp3) is 0.600. The zero-order valence-electron chi connectivity index (χ0n) is 12.5. The molecule has 0 aliphatic carbocycles. The van der Waals surface area contributed by atoms with E-state index >= 15 is 0 Å². The first-order chi connectivity index (χ1) is 8.86. The van der Waals surface area contributed by atoms with Gasteiger partial charge in [-0.05, 0) is 45.1 Å². The lowest BCUT2D eigenvalue weighted by Gasteiger charge is -2.32. The van der Waals surface area contributed by atoms with Crippen molar-refractivity contribution in [1.29, 1.82) is 0 Å². The van der Waals surface area contributed by atoms with E-state index in [0.717, 1.165) is 18.5 Å². The van der Waals surface area contributed by atoms with Gasteiger partial charge in [-0.2, -0.15) is 0 Å². The van der Waals surface area contributed by atoms with Crippen molar-refractivity contribution in [1.82, 2.24) is 0 Å². The Morgan fingerprint density at radius 2 is 1.53 bits per heavy atom. The molecule has 2 rings (SSSR count). The Morgan fingerprint density at radius 1 is 1.00 bits per heavy atom. The van der Waals surface area contributed by atoms with Gasteiger partial charge in [0.1, 0.15) is 0 Å². The molecular formula is C15H23BO3. The van der Waals surface area contributed by atoms with Gasteiger partial charge in [0.2, 0.25) is 0 Å². The second kappa shape index (κ2) is 5.27. The lowest BCUT2D eigenvalue weighted by Crippen LogP contribution is -2.41. The Hall–Kier alpha value is -0.835. The number of hydrogen-bond donors (Lipinski definition) is 0. The summed E-state index contributed by atoms with van der Waals surface area (Å²) in [4.78, 5) is 0. The van der Waals surface area contributed by atoms with Crippen molar-refractivity contribution < 1.29 is 14.0 Å². The van der Waals surface area contributed by atoms with Crippen molar-refractivity contribution >= 4 is 12.6 Å². The zero-order chi connectivity index (χ0) is 14.1. The predicted octanol–water partition coefficient (Wildman–Crippen LogP) is 2.17. The predicted molar refractivity (Wildman–Crippen MR) is 77.7 cm³/mol. The topological polar surface area (TPSA) is 27.7 Å². The first-order valence-corrected chi connectivity index (χ1v) is 6.79. The molecule has 0 atom stereocenters. The Bertz CT molecular complexity index is 410. The molecule has 19 heavy (non-hydrogen) atoms. The molecule has 0 amide bonds. The monoisotopic (exact) mass is 262 g/mol. The summed E-state index contributed by atoms with van der Waals surface area (Å²) in [6, 6.07) is 8.37. The van der Waals surface area contributed by atoms with Crippen LogP contribution in [0.5, 0.6) is 0 Å². The highest BCUT2D eigenvalue weighted by atomic mass is 16.7. The van der Waals surface area contributed by atoms with E-state index in [1.54, 1.807) is 7.11 Å². The van der Waals surface area contributed by atoms with E-state index in [9.17, 15) is 0 Å². The van der Waals surface area contributed by atoms with E-state index < -0.39 is 0 Å². The number of ether oxygens (including phenoxy) is 1. The molecule has 1 saturated heterocycles. The van der Waals surface area contributed by atoms with E-state index in [-0.39, 0.29) is 18.3 Å².